The van der Waals surface area contributed by atoms with Crippen molar-refractivity contribution in [2.45, 2.75) is 12.8 Å². The number of carboxylic acids is 1. The average molecular weight is 266 g/mol. The summed E-state index contributed by atoms with van der Waals surface area (Å²) >= 11 is 0. The smallest absolute Gasteiger partial charge is 0.303 e. The summed E-state index contributed by atoms with van der Waals surface area (Å²) in [4.78, 5) is 18.6. The fourth-order valence-corrected chi connectivity index (χ4v) is 2.42. The van der Waals surface area contributed by atoms with E-state index in [1.165, 1.54) is 0 Å². The predicted octanol–water partition coefficient (Wildman–Crippen LogP) is 3.25. The molecule has 0 spiro atoms. The first-order valence-corrected chi connectivity index (χ1v) is 6.48. The van der Waals surface area contributed by atoms with Crippen LogP contribution in [-0.2, 0) is 11.2 Å². The van der Waals surface area contributed by atoms with Crippen molar-refractivity contribution in [3.05, 3.63) is 54.2 Å². The summed E-state index contributed by atoms with van der Waals surface area (Å²) in [6, 6.07) is 13.6. The van der Waals surface area contributed by atoms with E-state index in [-0.39, 0.29) is 6.42 Å². The van der Waals surface area contributed by atoms with Gasteiger partial charge in [0.1, 0.15) is 0 Å². The van der Waals surface area contributed by atoms with Gasteiger partial charge < -0.3 is 10.1 Å². The molecule has 0 unspecified atom stereocenters. The largest absolute Gasteiger partial charge is 0.481 e. The lowest BCUT2D eigenvalue weighted by Crippen LogP contribution is -1.98. The molecule has 2 aromatic heterocycles. The van der Waals surface area contributed by atoms with Crippen LogP contribution in [-0.4, -0.2) is 21.0 Å². The van der Waals surface area contributed by atoms with Crippen LogP contribution in [0.25, 0.3) is 22.3 Å². The third-order valence-corrected chi connectivity index (χ3v) is 3.32. The van der Waals surface area contributed by atoms with Gasteiger partial charge in [-0.3, -0.25) is 9.78 Å². The van der Waals surface area contributed by atoms with E-state index in [2.05, 4.69) is 9.97 Å². The molecule has 3 rings (SSSR count). The molecule has 0 amide bonds. The lowest BCUT2D eigenvalue weighted by atomic mass is 10.0. The molecule has 0 aliphatic carbocycles. The zero-order valence-electron chi connectivity index (χ0n) is 10.8. The molecule has 2 N–H and O–H groups in total. The van der Waals surface area contributed by atoms with E-state index in [9.17, 15) is 4.79 Å². The zero-order chi connectivity index (χ0) is 13.9. The Kier molecular flexibility index (Phi) is 3.21. The van der Waals surface area contributed by atoms with E-state index in [0.29, 0.717) is 6.42 Å². The quantitative estimate of drug-likeness (QED) is 0.761. The molecule has 0 saturated carbocycles. The topological polar surface area (TPSA) is 66.0 Å². The molecule has 0 aliphatic rings. The highest BCUT2D eigenvalue weighted by Crippen LogP contribution is 2.30. The number of hydrogen-bond donors (Lipinski definition) is 2. The third kappa shape index (κ3) is 2.28. The Hall–Kier alpha value is -2.62. The molecule has 0 fully saturated rings. The molecular formula is C16H14N2O2. The first-order valence-electron chi connectivity index (χ1n) is 6.48. The highest BCUT2D eigenvalue weighted by atomic mass is 16.4. The van der Waals surface area contributed by atoms with Gasteiger partial charge in [0, 0.05) is 23.5 Å². The standard InChI is InChI=1S/C16H14N2O2/c19-15(20)9-8-12-11-5-1-2-6-13(11)18-16(12)14-7-3-4-10-17-14/h1-7,10,18H,8-9H2,(H,19,20). The van der Waals surface area contributed by atoms with Crippen LogP contribution < -0.4 is 0 Å². The minimum atomic E-state index is -0.790. The number of carboxylic acid groups (broad SMARTS) is 1. The van der Waals surface area contributed by atoms with Crippen molar-refractivity contribution in [2.75, 3.05) is 0 Å². The fraction of sp³-hybridized carbons (Fsp3) is 0.125. The summed E-state index contributed by atoms with van der Waals surface area (Å²) in [6.45, 7) is 0. The van der Waals surface area contributed by atoms with Crippen LogP contribution in [0.15, 0.2) is 48.7 Å². The van der Waals surface area contributed by atoms with Gasteiger partial charge in [-0.25, -0.2) is 0 Å². The number of aromatic nitrogens is 2. The number of para-hydroxylation sites is 1. The van der Waals surface area contributed by atoms with E-state index >= 15 is 0 Å². The lowest BCUT2D eigenvalue weighted by molar-refractivity contribution is -0.136. The monoisotopic (exact) mass is 266 g/mol. The number of nitrogens with one attached hydrogen (secondary N) is 1. The number of hydrogen-bond acceptors (Lipinski definition) is 2. The molecule has 4 nitrogen and oxygen atoms in total. The molecule has 20 heavy (non-hydrogen) atoms. The molecular weight excluding hydrogens is 252 g/mol. The first-order chi connectivity index (χ1) is 9.75. The van der Waals surface area contributed by atoms with Crippen LogP contribution in [0.1, 0.15) is 12.0 Å². The number of benzene rings is 1. The summed E-state index contributed by atoms with van der Waals surface area (Å²) in [7, 11) is 0. The number of rotatable bonds is 4. The van der Waals surface area contributed by atoms with Crippen LogP contribution in [0.4, 0.5) is 0 Å². The minimum absolute atomic E-state index is 0.113. The average Bonchev–Trinajstić information content (AvgIpc) is 2.84. The Balaban J connectivity index is 2.15. The normalized spacial score (nSPS) is 10.8. The number of pyridine rings is 1. The second kappa shape index (κ2) is 5.17. The van der Waals surface area contributed by atoms with E-state index in [0.717, 1.165) is 27.9 Å². The minimum Gasteiger partial charge on any atom is -0.481 e. The van der Waals surface area contributed by atoms with Gasteiger partial charge in [-0.05, 0) is 30.2 Å². The fourth-order valence-electron chi connectivity index (χ4n) is 2.42. The van der Waals surface area contributed by atoms with Crippen LogP contribution in [0.3, 0.4) is 0 Å². The highest BCUT2D eigenvalue weighted by molar-refractivity contribution is 5.90. The van der Waals surface area contributed by atoms with Gasteiger partial charge in [0.2, 0.25) is 0 Å². The number of aryl methyl sites for hydroxylation is 1. The van der Waals surface area contributed by atoms with Crippen molar-refractivity contribution in [3.63, 3.8) is 0 Å². The van der Waals surface area contributed by atoms with Crippen molar-refractivity contribution in [3.8, 4) is 11.4 Å². The van der Waals surface area contributed by atoms with Crippen LogP contribution in [0.5, 0.6) is 0 Å². The van der Waals surface area contributed by atoms with Crippen LogP contribution >= 0.6 is 0 Å². The first kappa shape index (κ1) is 12.4. The predicted molar refractivity (Wildman–Crippen MR) is 77.5 cm³/mol. The van der Waals surface area contributed by atoms with Crippen molar-refractivity contribution in [2.24, 2.45) is 0 Å². The molecule has 100 valence electrons. The molecule has 0 atom stereocenters. The molecule has 4 heteroatoms. The number of H-pyrrole nitrogens is 1. The molecule has 1 aromatic carbocycles. The van der Waals surface area contributed by atoms with Crippen molar-refractivity contribution < 1.29 is 9.90 Å². The van der Waals surface area contributed by atoms with Gasteiger partial charge >= 0.3 is 5.97 Å². The maximum absolute atomic E-state index is 10.9. The highest BCUT2D eigenvalue weighted by Gasteiger charge is 2.14. The number of aromatic amines is 1. The molecule has 0 radical (unpaired) electrons. The van der Waals surface area contributed by atoms with Gasteiger partial charge in [0.25, 0.3) is 0 Å². The van der Waals surface area contributed by atoms with Gasteiger partial charge in [0.05, 0.1) is 11.4 Å². The van der Waals surface area contributed by atoms with Crippen LogP contribution in [0, 0.1) is 0 Å². The van der Waals surface area contributed by atoms with Crippen molar-refractivity contribution >= 4 is 16.9 Å². The molecule has 0 aliphatic heterocycles. The summed E-state index contributed by atoms with van der Waals surface area (Å²) in [6.07, 6.45) is 2.34. The van der Waals surface area contributed by atoms with E-state index < -0.39 is 5.97 Å². The van der Waals surface area contributed by atoms with E-state index in [1.54, 1.807) is 6.20 Å². The van der Waals surface area contributed by atoms with Gasteiger partial charge in [0.15, 0.2) is 0 Å². The molecule has 0 saturated heterocycles. The molecule has 0 bridgehead atoms. The molecule has 3 aromatic rings. The van der Waals surface area contributed by atoms with Crippen LogP contribution in [0.2, 0.25) is 0 Å². The van der Waals surface area contributed by atoms with E-state index in [1.807, 2.05) is 42.5 Å². The van der Waals surface area contributed by atoms with Gasteiger partial charge in [-0.15, -0.1) is 0 Å². The maximum Gasteiger partial charge on any atom is 0.303 e. The van der Waals surface area contributed by atoms with Crippen molar-refractivity contribution in [1.29, 1.82) is 0 Å². The second-order valence-electron chi connectivity index (χ2n) is 4.63. The van der Waals surface area contributed by atoms with Gasteiger partial charge in [-0.2, -0.15) is 0 Å². The Labute approximate surface area is 116 Å². The third-order valence-electron chi connectivity index (χ3n) is 3.32. The number of fused-ring (bicyclic) bond motifs is 1. The Bertz CT molecular complexity index is 748. The Morgan fingerprint density at radius 3 is 2.70 bits per heavy atom. The summed E-state index contributed by atoms with van der Waals surface area (Å²) in [5.74, 6) is -0.790. The van der Waals surface area contributed by atoms with E-state index in [4.69, 9.17) is 5.11 Å². The molecule has 2 heterocycles. The summed E-state index contributed by atoms with van der Waals surface area (Å²) < 4.78 is 0. The van der Waals surface area contributed by atoms with Gasteiger partial charge in [-0.1, -0.05) is 24.3 Å². The number of carbonyl (C=O) groups is 1. The Morgan fingerprint density at radius 1 is 1.15 bits per heavy atom. The lowest BCUT2D eigenvalue weighted by Gasteiger charge is -2.03. The second-order valence-corrected chi connectivity index (χ2v) is 4.63. The summed E-state index contributed by atoms with van der Waals surface area (Å²) in [5, 5.41) is 9.98. The maximum atomic E-state index is 10.9. The number of nitrogens with zero attached hydrogens (tertiary/aromatic N) is 1. The Morgan fingerprint density at radius 2 is 1.95 bits per heavy atom. The van der Waals surface area contributed by atoms with Crippen molar-refractivity contribution in [1.82, 2.24) is 9.97 Å². The SMILES string of the molecule is O=C(O)CCc1c(-c2ccccn2)[nH]c2ccccc12. The number of aliphatic carboxylic acids is 1. The zero-order valence-corrected chi connectivity index (χ0v) is 10.8. The summed E-state index contributed by atoms with van der Waals surface area (Å²) in [5.41, 5.74) is 3.77.